The number of halogens is 3. The maximum absolute atomic E-state index is 13.3. The lowest BCUT2D eigenvalue weighted by atomic mass is 9.99. The van der Waals surface area contributed by atoms with Crippen molar-refractivity contribution in [1.29, 1.82) is 0 Å². The zero-order valence-electron chi connectivity index (χ0n) is 12.4. The summed E-state index contributed by atoms with van der Waals surface area (Å²) >= 11 is 0. The molecule has 0 N–H and O–H groups in total. The molecule has 9 heteroatoms. The Kier molecular flexibility index (Phi) is 3.46. The number of ether oxygens (including phenoxy) is 1. The molecule has 3 heterocycles. The first-order chi connectivity index (χ1) is 10.7. The van der Waals surface area contributed by atoms with E-state index < -0.39 is 17.4 Å². The maximum atomic E-state index is 13.3. The highest BCUT2D eigenvalue weighted by Gasteiger charge is 2.38. The fourth-order valence-corrected chi connectivity index (χ4v) is 2.10. The van der Waals surface area contributed by atoms with E-state index in [0.29, 0.717) is 10.1 Å². The van der Waals surface area contributed by atoms with Crippen LogP contribution in [-0.4, -0.2) is 40.7 Å². The van der Waals surface area contributed by atoms with Gasteiger partial charge in [0.15, 0.2) is 11.5 Å². The fraction of sp³-hybridized carbons (Fsp3) is 0.357. The standard InChI is InChI=1S/C14H12BF3N4O/c1-13(2)7-23-12(20-13)9-5-10(14(16,17)18)22(21-9)11-4-3-8(15)6-19-11/h3-6H,7H2,1-2H3. The van der Waals surface area contributed by atoms with Crippen LogP contribution in [0.1, 0.15) is 25.2 Å². The minimum absolute atomic E-state index is 0.00984. The van der Waals surface area contributed by atoms with Crippen molar-refractivity contribution in [3.8, 4) is 5.82 Å². The van der Waals surface area contributed by atoms with Crippen LogP contribution >= 0.6 is 0 Å². The molecule has 0 bridgehead atoms. The van der Waals surface area contributed by atoms with Crippen molar-refractivity contribution in [2.24, 2.45) is 4.99 Å². The largest absolute Gasteiger partial charge is 0.474 e. The van der Waals surface area contributed by atoms with Crippen LogP contribution in [0.15, 0.2) is 29.4 Å². The molecule has 118 valence electrons. The van der Waals surface area contributed by atoms with Gasteiger partial charge in [0.1, 0.15) is 20.1 Å². The monoisotopic (exact) mass is 320 g/mol. The van der Waals surface area contributed by atoms with Crippen LogP contribution in [0.5, 0.6) is 0 Å². The number of aliphatic imine (C=N–C) groups is 1. The summed E-state index contributed by atoms with van der Waals surface area (Å²) in [4.78, 5) is 8.13. The van der Waals surface area contributed by atoms with E-state index in [9.17, 15) is 13.2 Å². The molecular weight excluding hydrogens is 308 g/mol. The third-order valence-corrected chi connectivity index (χ3v) is 3.17. The molecule has 0 saturated heterocycles. The molecule has 3 rings (SSSR count). The molecule has 0 aliphatic carbocycles. The normalized spacial score (nSPS) is 17.0. The summed E-state index contributed by atoms with van der Waals surface area (Å²) in [5.41, 5.74) is -1.08. The highest BCUT2D eigenvalue weighted by atomic mass is 19.4. The van der Waals surface area contributed by atoms with Gasteiger partial charge in [-0.25, -0.2) is 14.7 Å². The molecule has 1 aliphatic heterocycles. The van der Waals surface area contributed by atoms with Crippen molar-refractivity contribution < 1.29 is 17.9 Å². The molecule has 0 amide bonds. The Hall–Kier alpha value is -2.32. The maximum Gasteiger partial charge on any atom is 0.433 e. The average Bonchev–Trinajstić information content (AvgIpc) is 3.02. The minimum atomic E-state index is -4.59. The van der Waals surface area contributed by atoms with Crippen LogP contribution in [0.4, 0.5) is 13.2 Å². The predicted molar refractivity (Wildman–Crippen MR) is 78.3 cm³/mol. The van der Waals surface area contributed by atoms with Gasteiger partial charge in [0, 0.05) is 12.3 Å². The summed E-state index contributed by atoms with van der Waals surface area (Å²) in [7, 11) is 5.51. The van der Waals surface area contributed by atoms with E-state index in [1.807, 2.05) is 13.8 Å². The zero-order chi connectivity index (χ0) is 16.8. The molecule has 2 radical (unpaired) electrons. The molecule has 5 nitrogen and oxygen atoms in total. The first-order valence-corrected chi connectivity index (χ1v) is 6.78. The van der Waals surface area contributed by atoms with E-state index in [2.05, 4.69) is 15.1 Å². The van der Waals surface area contributed by atoms with Crippen molar-refractivity contribution >= 4 is 19.2 Å². The Morgan fingerprint density at radius 3 is 2.57 bits per heavy atom. The molecule has 2 aromatic rings. The number of hydrogen-bond donors (Lipinski definition) is 0. The number of aromatic nitrogens is 3. The third kappa shape index (κ3) is 3.08. The van der Waals surface area contributed by atoms with Crippen LogP contribution in [0.25, 0.3) is 5.82 Å². The Bertz CT molecular complexity index is 765. The molecular formula is C14H12BF3N4O. The molecule has 0 saturated carbocycles. The van der Waals surface area contributed by atoms with Gasteiger partial charge in [-0.3, -0.25) is 0 Å². The molecule has 2 aromatic heterocycles. The van der Waals surface area contributed by atoms with Gasteiger partial charge in [-0.05, 0) is 19.9 Å². The lowest BCUT2D eigenvalue weighted by Crippen LogP contribution is -2.17. The van der Waals surface area contributed by atoms with Gasteiger partial charge in [0.2, 0.25) is 5.90 Å². The van der Waals surface area contributed by atoms with Gasteiger partial charge in [0.05, 0.1) is 5.54 Å². The topological polar surface area (TPSA) is 52.3 Å². The van der Waals surface area contributed by atoms with Crippen LogP contribution in [0, 0.1) is 0 Å². The van der Waals surface area contributed by atoms with Crippen LogP contribution in [0.2, 0.25) is 0 Å². The molecule has 0 unspecified atom stereocenters. The molecule has 1 aliphatic rings. The lowest BCUT2D eigenvalue weighted by Gasteiger charge is -2.09. The van der Waals surface area contributed by atoms with E-state index in [-0.39, 0.29) is 24.0 Å². The summed E-state index contributed by atoms with van der Waals surface area (Å²) in [5.74, 6) is 0.102. The quantitative estimate of drug-likeness (QED) is 0.791. The summed E-state index contributed by atoms with van der Waals surface area (Å²) in [6.45, 7) is 3.93. The highest BCUT2D eigenvalue weighted by molar-refractivity contribution is 6.32. The Balaban J connectivity index is 2.10. The second-order valence-electron chi connectivity index (χ2n) is 5.79. The van der Waals surface area contributed by atoms with Gasteiger partial charge >= 0.3 is 6.18 Å². The molecule has 0 fully saturated rings. The number of rotatable bonds is 2. The van der Waals surface area contributed by atoms with Crippen LogP contribution in [0.3, 0.4) is 0 Å². The van der Waals surface area contributed by atoms with Crippen LogP contribution < -0.4 is 5.46 Å². The number of alkyl halides is 3. The van der Waals surface area contributed by atoms with Gasteiger partial charge in [-0.1, -0.05) is 11.5 Å². The first kappa shape index (κ1) is 15.6. The summed E-state index contributed by atoms with van der Waals surface area (Å²) in [6, 6.07) is 3.72. The highest BCUT2D eigenvalue weighted by Crippen LogP contribution is 2.32. The van der Waals surface area contributed by atoms with Gasteiger partial charge in [-0.2, -0.15) is 18.3 Å². The first-order valence-electron chi connectivity index (χ1n) is 6.78. The van der Waals surface area contributed by atoms with Crippen molar-refractivity contribution in [2.45, 2.75) is 25.6 Å². The number of hydrogen-bond acceptors (Lipinski definition) is 4. The lowest BCUT2D eigenvalue weighted by molar-refractivity contribution is -0.142. The molecule has 0 atom stereocenters. The number of pyridine rings is 1. The second-order valence-corrected chi connectivity index (χ2v) is 5.79. The average molecular weight is 320 g/mol. The van der Waals surface area contributed by atoms with Crippen molar-refractivity contribution in [2.75, 3.05) is 6.61 Å². The summed E-state index contributed by atoms with van der Waals surface area (Å²) < 4.78 is 45.9. The van der Waals surface area contributed by atoms with Crippen molar-refractivity contribution in [1.82, 2.24) is 14.8 Å². The zero-order valence-corrected chi connectivity index (χ0v) is 12.4. The second kappa shape index (κ2) is 5.11. The Morgan fingerprint density at radius 1 is 1.30 bits per heavy atom. The van der Waals surface area contributed by atoms with E-state index in [4.69, 9.17) is 12.6 Å². The van der Waals surface area contributed by atoms with Crippen LogP contribution in [-0.2, 0) is 10.9 Å². The van der Waals surface area contributed by atoms with Gasteiger partial charge < -0.3 is 4.74 Å². The van der Waals surface area contributed by atoms with E-state index >= 15 is 0 Å². The Labute approximate surface area is 131 Å². The van der Waals surface area contributed by atoms with E-state index in [1.165, 1.54) is 18.3 Å². The summed E-state index contributed by atoms with van der Waals surface area (Å²) in [5, 5.41) is 3.96. The molecule has 0 spiro atoms. The third-order valence-electron chi connectivity index (χ3n) is 3.17. The van der Waals surface area contributed by atoms with Crippen molar-refractivity contribution in [3.05, 3.63) is 35.8 Å². The van der Waals surface area contributed by atoms with E-state index in [1.54, 1.807) is 0 Å². The molecule has 0 aromatic carbocycles. The fourth-order valence-electron chi connectivity index (χ4n) is 2.10. The minimum Gasteiger partial charge on any atom is -0.474 e. The number of nitrogens with zero attached hydrogens (tertiary/aromatic N) is 4. The smallest absolute Gasteiger partial charge is 0.433 e. The van der Waals surface area contributed by atoms with Gasteiger partial charge in [-0.15, -0.1) is 0 Å². The SMILES string of the molecule is [B]c1ccc(-n2nc(C3=NC(C)(C)CO3)cc2C(F)(F)F)nc1. The summed E-state index contributed by atoms with van der Waals surface area (Å²) in [6.07, 6.45) is -3.33. The molecule has 23 heavy (non-hydrogen) atoms. The van der Waals surface area contributed by atoms with Gasteiger partial charge in [0.25, 0.3) is 0 Å². The predicted octanol–water partition coefficient (Wildman–Crippen LogP) is 1.64. The van der Waals surface area contributed by atoms with E-state index in [0.717, 1.165) is 6.07 Å². The van der Waals surface area contributed by atoms with Crippen molar-refractivity contribution in [3.63, 3.8) is 0 Å². The Morgan fingerprint density at radius 2 is 2.04 bits per heavy atom.